The van der Waals surface area contributed by atoms with E-state index >= 15 is 0 Å². The number of carbonyl (C=O) groups is 1. The molecule has 2 aromatic rings. The fourth-order valence-corrected chi connectivity index (χ4v) is 3.48. The molecule has 0 fully saturated rings. The number of hydrogen-bond acceptors (Lipinski definition) is 3. The smallest absolute Gasteiger partial charge is 0.269 e. The molecule has 1 heterocycles. The number of allylic oxidation sites excluding steroid dienone is 1. The monoisotopic (exact) mass is 432 g/mol. The Morgan fingerprint density at radius 2 is 1.78 bits per heavy atom. The molecule has 0 aliphatic heterocycles. The Hall–Kier alpha value is -2.03. The van der Waals surface area contributed by atoms with Gasteiger partial charge in [-0.15, -0.1) is 0 Å². The SMILES string of the molecule is CCn1c(-c2c(F)cc(F)cc2F)c(C(N)=C(Cl)C(=O)[Si]C)cc(Cl)c1=O. The van der Waals surface area contributed by atoms with Crippen LogP contribution < -0.4 is 11.3 Å². The molecule has 10 heteroatoms. The Balaban J connectivity index is 3.03. The molecule has 2 rings (SSSR count). The van der Waals surface area contributed by atoms with Gasteiger partial charge >= 0.3 is 0 Å². The summed E-state index contributed by atoms with van der Waals surface area (Å²) in [6, 6.07) is 2.03. The number of nitrogens with two attached hydrogens (primary N) is 1. The predicted octanol–water partition coefficient (Wildman–Crippen LogP) is 3.75. The van der Waals surface area contributed by atoms with E-state index in [1.165, 1.54) is 0 Å². The van der Waals surface area contributed by atoms with Gasteiger partial charge in [0.25, 0.3) is 5.56 Å². The minimum Gasteiger partial charge on any atom is -0.397 e. The average Bonchev–Trinajstić information content (AvgIpc) is 2.61. The highest BCUT2D eigenvalue weighted by atomic mass is 35.5. The zero-order valence-corrected chi connectivity index (χ0v) is 16.7. The normalized spacial score (nSPS) is 12.1. The van der Waals surface area contributed by atoms with Gasteiger partial charge in [0.05, 0.1) is 17.0 Å². The molecule has 0 saturated heterocycles. The first-order valence-electron chi connectivity index (χ1n) is 7.59. The van der Waals surface area contributed by atoms with Crippen LogP contribution in [0.5, 0.6) is 0 Å². The lowest BCUT2D eigenvalue weighted by molar-refractivity contribution is -0.108. The maximum Gasteiger partial charge on any atom is 0.269 e. The summed E-state index contributed by atoms with van der Waals surface area (Å²) in [5.41, 5.74) is 3.87. The van der Waals surface area contributed by atoms with Crippen LogP contribution in [0.2, 0.25) is 11.6 Å². The van der Waals surface area contributed by atoms with E-state index in [0.717, 1.165) is 10.6 Å². The van der Waals surface area contributed by atoms with Gasteiger partial charge in [-0.3, -0.25) is 9.59 Å². The van der Waals surface area contributed by atoms with Gasteiger partial charge in [-0.05, 0) is 13.0 Å². The lowest BCUT2D eigenvalue weighted by Gasteiger charge is -2.19. The lowest BCUT2D eigenvalue weighted by Crippen LogP contribution is -2.25. The summed E-state index contributed by atoms with van der Waals surface area (Å²) in [5.74, 6) is -3.62. The maximum absolute atomic E-state index is 14.4. The van der Waals surface area contributed by atoms with Crippen LogP contribution in [0.3, 0.4) is 0 Å². The van der Waals surface area contributed by atoms with Crippen molar-refractivity contribution in [2.45, 2.75) is 20.0 Å². The van der Waals surface area contributed by atoms with Crippen LogP contribution in [0, 0.1) is 17.5 Å². The quantitative estimate of drug-likeness (QED) is 0.577. The van der Waals surface area contributed by atoms with Crippen molar-refractivity contribution in [2.75, 3.05) is 0 Å². The topological polar surface area (TPSA) is 65.1 Å². The van der Waals surface area contributed by atoms with Crippen LogP contribution in [-0.2, 0) is 11.3 Å². The second kappa shape index (κ2) is 8.33. The summed E-state index contributed by atoms with van der Waals surface area (Å²) in [5, 5.41) is -1.11. The van der Waals surface area contributed by atoms with Crippen LogP contribution in [0.1, 0.15) is 12.5 Å². The summed E-state index contributed by atoms with van der Waals surface area (Å²) in [6.07, 6.45) is 0. The van der Waals surface area contributed by atoms with E-state index in [4.69, 9.17) is 28.9 Å². The van der Waals surface area contributed by atoms with Crippen molar-refractivity contribution in [3.8, 4) is 11.3 Å². The average molecular weight is 433 g/mol. The van der Waals surface area contributed by atoms with Crippen LogP contribution in [0.15, 0.2) is 28.0 Å². The summed E-state index contributed by atoms with van der Waals surface area (Å²) < 4.78 is 43.2. The number of halogens is 5. The molecule has 2 N–H and O–H groups in total. The number of benzene rings is 1. The molecule has 1 aromatic carbocycles. The highest BCUT2D eigenvalue weighted by Gasteiger charge is 2.25. The molecule has 4 nitrogen and oxygen atoms in total. The molecule has 0 aliphatic carbocycles. The highest BCUT2D eigenvalue weighted by molar-refractivity contribution is 6.81. The largest absolute Gasteiger partial charge is 0.397 e. The van der Waals surface area contributed by atoms with Crippen molar-refractivity contribution in [1.29, 1.82) is 0 Å². The Morgan fingerprint density at radius 1 is 1.22 bits per heavy atom. The van der Waals surface area contributed by atoms with Gasteiger partial charge in [0.1, 0.15) is 42.4 Å². The van der Waals surface area contributed by atoms with E-state index in [9.17, 15) is 22.8 Å². The molecule has 0 unspecified atom stereocenters. The Bertz CT molecular complexity index is 999. The van der Waals surface area contributed by atoms with Crippen molar-refractivity contribution < 1.29 is 18.0 Å². The van der Waals surface area contributed by atoms with Crippen LogP contribution in [-0.4, -0.2) is 19.5 Å². The van der Waals surface area contributed by atoms with Crippen molar-refractivity contribution in [3.05, 3.63) is 61.6 Å². The van der Waals surface area contributed by atoms with Crippen molar-refractivity contribution in [2.24, 2.45) is 5.73 Å². The van der Waals surface area contributed by atoms with Crippen molar-refractivity contribution in [3.63, 3.8) is 0 Å². The fourth-order valence-electron chi connectivity index (χ4n) is 2.53. The predicted molar refractivity (Wildman–Crippen MR) is 100 cm³/mol. The molecule has 0 bridgehead atoms. The van der Waals surface area contributed by atoms with Crippen molar-refractivity contribution in [1.82, 2.24) is 4.57 Å². The van der Waals surface area contributed by atoms with E-state index in [1.54, 1.807) is 13.5 Å². The minimum absolute atomic E-state index is 0.0215. The molecular formula is C17H13Cl2F3N2O2Si. The first kappa shape index (κ1) is 21.3. The highest BCUT2D eigenvalue weighted by Crippen LogP contribution is 2.34. The van der Waals surface area contributed by atoms with Crippen LogP contribution in [0.4, 0.5) is 13.2 Å². The molecule has 0 amide bonds. The molecule has 0 aliphatic rings. The third-order valence-corrected chi connectivity index (χ3v) is 5.27. The number of pyridine rings is 1. The second-order valence-corrected chi connectivity index (χ2v) is 7.09. The van der Waals surface area contributed by atoms with Gasteiger partial charge in [-0.1, -0.05) is 29.7 Å². The van der Waals surface area contributed by atoms with Gasteiger partial charge < -0.3 is 10.3 Å². The zero-order chi connectivity index (χ0) is 20.5. The molecule has 2 radical (unpaired) electrons. The van der Waals surface area contributed by atoms with Crippen molar-refractivity contribution >= 4 is 43.8 Å². The van der Waals surface area contributed by atoms with E-state index in [-0.39, 0.29) is 43.1 Å². The Kier molecular flexibility index (Phi) is 6.56. The number of hydrogen-bond donors (Lipinski definition) is 1. The molecule has 1 aromatic heterocycles. The van der Waals surface area contributed by atoms with Gasteiger partial charge in [-0.2, -0.15) is 0 Å². The Morgan fingerprint density at radius 3 is 2.26 bits per heavy atom. The summed E-state index contributed by atoms with van der Waals surface area (Å²) in [7, 11) is -0.209. The van der Waals surface area contributed by atoms with Gasteiger partial charge in [0.15, 0.2) is 0 Å². The van der Waals surface area contributed by atoms with Crippen LogP contribution in [0.25, 0.3) is 17.0 Å². The van der Waals surface area contributed by atoms with E-state index in [2.05, 4.69) is 0 Å². The minimum atomic E-state index is -1.25. The fraction of sp³-hybridized carbons (Fsp3) is 0.176. The summed E-state index contributed by atoms with van der Waals surface area (Å²) in [4.78, 5) is 24.3. The van der Waals surface area contributed by atoms with Crippen LogP contribution >= 0.6 is 23.2 Å². The van der Waals surface area contributed by atoms with E-state index < -0.39 is 34.0 Å². The standard InChI is InChI=1S/C17H13Cl2F3N2O2Si/c1-3-24-15(12-10(21)4-7(20)5-11(12)22)8(6-9(18)16(24)25)14(23)13(19)17(26)27-2/h4-6H,3,23H2,1-2H3. The van der Waals surface area contributed by atoms with E-state index in [1.807, 2.05) is 0 Å². The number of nitrogens with zero attached hydrogens (tertiary/aromatic N) is 1. The second-order valence-electron chi connectivity index (χ2n) is 5.36. The number of aromatic nitrogens is 1. The lowest BCUT2D eigenvalue weighted by atomic mass is 10.0. The molecular weight excluding hydrogens is 420 g/mol. The molecule has 27 heavy (non-hydrogen) atoms. The molecule has 0 saturated carbocycles. The molecule has 0 spiro atoms. The van der Waals surface area contributed by atoms with Gasteiger partial charge in [0.2, 0.25) is 0 Å². The van der Waals surface area contributed by atoms with E-state index in [0.29, 0.717) is 12.1 Å². The van der Waals surface area contributed by atoms with Gasteiger partial charge in [0, 0.05) is 24.2 Å². The van der Waals surface area contributed by atoms with Gasteiger partial charge in [-0.25, -0.2) is 13.2 Å². The first-order chi connectivity index (χ1) is 12.6. The zero-order valence-electron chi connectivity index (χ0n) is 14.2. The summed E-state index contributed by atoms with van der Waals surface area (Å²) in [6.45, 7) is 3.11. The molecule has 0 atom stereocenters. The molecule has 142 valence electrons. The number of rotatable bonds is 5. The Labute approximate surface area is 165 Å². The first-order valence-corrected chi connectivity index (χ1v) is 9.85. The third-order valence-electron chi connectivity index (χ3n) is 3.76. The third kappa shape index (κ3) is 3.97. The number of carbonyl (C=O) groups excluding carboxylic acids is 1. The maximum atomic E-state index is 14.4. The summed E-state index contributed by atoms with van der Waals surface area (Å²) >= 11 is 11.9.